The predicted octanol–water partition coefficient (Wildman–Crippen LogP) is 2.88. The number of rotatable bonds is 6. The van der Waals surface area contributed by atoms with Gasteiger partial charge in [-0.15, -0.1) is 0 Å². The van der Waals surface area contributed by atoms with Crippen LogP contribution in [-0.2, 0) is 0 Å². The molecule has 0 fully saturated rings. The van der Waals surface area contributed by atoms with E-state index < -0.39 is 0 Å². The van der Waals surface area contributed by atoms with Crippen LogP contribution in [0.3, 0.4) is 0 Å². The van der Waals surface area contributed by atoms with Crippen molar-refractivity contribution in [1.29, 1.82) is 0 Å². The van der Waals surface area contributed by atoms with Crippen LogP contribution in [0.4, 0.5) is 4.39 Å². The number of likely N-dealkylation sites (N-methyl/N-ethyl adjacent to an activating group) is 1. The van der Waals surface area contributed by atoms with Gasteiger partial charge in [-0.2, -0.15) is 11.8 Å². The average Bonchev–Trinajstić information content (AvgIpc) is 2.30. The van der Waals surface area contributed by atoms with E-state index in [4.69, 9.17) is 5.73 Å². The highest BCUT2D eigenvalue weighted by atomic mass is 79.9. The fraction of sp³-hybridized carbons (Fsp3) is 0.500. The minimum absolute atomic E-state index is 0.0600. The van der Waals surface area contributed by atoms with E-state index in [-0.39, 0.29) is 11.9 Å². The van der Waals surface area contributed by atoms with Gasteiger partial charge in [0.05, 0.1) is 0 Å². The summed E-state index contributed by atoms with van der Waals surface area (Å²) in [5, 5.41) is 0. The van der Waals surface area contributed by atoms with Crippen LogP contribution in [0.15, 0.2) is 22.7 Å². The van der Waals surface area contributed by atoms with Gasteiger partial charge in [-0.25, -0.2) is 4.39 Å². The lowest BCUT2D eigenvalue weighted by Gasteiger charge is -2.27. The van der Waals surface area contributed by atoms with Crippen LogP contribution in [0.2, 0.25) is 0 Å². The molecule has 0 aliphatic rings. The Morgan fingerprint density at radius 3 is 2.76 bits per heavy atom. The normalized spacial score (nSPS) is 13.1. The Hall–Kier alpha value is -0.100. The van der Waals surface area contributed by atoms with Gasteiger partial charge in [0, 0.05) is 34.9 Å². The summed E-state index contributed by atoms with van der Waals surface area (Å²) < 4.78 is 14.6. The third kappa shape index (κ3) is 4.25. The molecule has 0 aliphatic heterocycles. The van der Waals surface area contributed by atoms with Crippen molar-refractivity contribution in [3.63, 3.8) is 0 Å². The van der Waals surface area contributed by atoms with Gasteiger partial charge in [0.25, 0.3) is 0 Å². The van der Waals surface area contributed by atoms with Crippen molar-refractivity contribution in [2.45, 2.75) is 6.04 Å². The van der Waals surface area contributed by atoms with Gasteiger partial charge in [-0.3, -0.25) is 4.90 Å². The predicted molar refractivity (Wildman–Crippen MR) is 76.9 cm³/mol. The van der Waals surface area contributed by atoms with Gasteiger partial charge in [0.15, 0.2) is 0 Å². The van der Waals surface area contributed by atoms with E-state index in [9.17, 15) is 4.39 Å². The minimum Gasteiger partial charge on any atom is -0.329 e. The second kappa shape index (κ2) is 7.36. The summed E-state index contributed by atoms with van der Waals surface area (Å²) in [6, 6.07) is 5.08. The van der Waals surface area contributed by atoms with Crippen LogP contribution in [0.1, 0.15) is 11.6 Å². The van der Waals surface area contributed by atoms with Crippen molar-refractivity contribution < 1.29 is 4.39 Å². The van der Waals surface area contributed by atoms with E-state index in [1.54, 1.807) is 17.8 Å². The highest BCUT2D eigenvalue weighted by Gasteiger charge is 2.18. The topological polar surface area (TPSA) is 29.3 Å². The van der Waals surface area contributed by atoms with E-state index in [0.717, 1.165) is 16.8 Å². The van der Waals surface area contributed by atoms with Gasteiger partial charge in [0.2, 0.25) is 0 Å². The molecule has 0 amide bonds. The Balaban J connectivity index is 2.85. The zero-order valence-corrected chi connectivity index (χ0v) is 12.5. The Kier molecular flexibility index (Phi) is 6.48. The number of hydrogen-bond donors (Lipinski definition) is 1. The molecular weight excluding hydrogens is 303 g/mol. The molecule has 1 aromatic carbocycles. The van der Waals surface area contributed by atoms with Gasteiger partial charge in [-0.05, 0) is 25.4 Å². The molecule has 0 heterocycles. The minimum atomic E-state index is -0.203. The first kappa shape index (κ1) is 15.0. The lowest BCUT2D eigenvalue weighted by Crippen LogP contribution is -2.32. The molecule has 0 bridgehead atoms. The van der Waals surface area contributed by atoms with Crippen molar-refractivity contribution in [2.75, 3.05) is 32.1 Å². The monoisotopic (exact) mass is 320 g/mol. The molecule has 17 heavy (non-hydrogen) atoms. The van der Waals surface area contributed by atoms with Gasteiger partial charge in [-0.1, -0.05) is 22.0 Å². The maximum atomic E-state index is 13.9. The molecule has 0 aromatic heterocycles. The Morgan fingerprint density at radius 2 is 2.24 bits per heavy atom. The van der Waals surface area contributed by atoms with Gasteiger partial charge in [0.1, 0.15) is 5.82 Å². The largest absolute Gasteiger partial charge is 0.329 e. The molecular formula is C12H18BrFN2S. The van der Waals surface area contributed by atoms with E-state index in [0.29, 0.717) is 12.1 Å². The molecule has 2 nitrogen and oxygen atoms in total. The molecule has 1 unspecified atom stereocenters. The molecule has 0 aliphatic carbocycles. The summed E-state index contributed by atoms with van der Waals surface area (Å²) in [5.74, 6) is 0.816. The third-order valence-corrected chi connectivity index (χ3v) is 3.81. The highest BCUT2D eigenvalue weighted by molar-refractivity contribution is 9.10. The Bertz CT molecular complexity index is 362. The second-order valence-corrected chi connectivity index (χ2v) is 5.79. The van der Waals surface area contributed by atoms with Crippen LogP contribution < -0.4 is 5.73 Å². The van der Waals surface area contributed by atoms with Gasteiger partial charge < -0.3 is 5.73 Å². The van der Waals surface area contributed by atoms with E-state index in [2.05, 4.69) is 27.1 Å². The van der Waals surface area contributed by atoms with Crippen molar-refractivity contribution in [3.05, 3.63) is 34.1 Å². The Morgan fingerprint density at radius 1 is 1.53 bits per heavy atom. The first-order chi connectivity index (χ1) is 8.10. The lowest BCUT2D eigenvalue weighted by molar-refractivity contribution is 0.260. The molecule has 5 heteroatoms. The molecule has 0 saturated carbocycles. The number of nitrogens with two attached hydrogens (primary N) is 1. The summed E-state index contributed by atoms with van der Waals surface area (Å²) in [4.78, 5) is 2.10. The van der Waals surface area contributed by atoms with Crippen molar-refractivity contribution in [1.82, 2.24) is 4.90 Å². The summed E-state index contributed by atoms with van der Waals surface area (Å²) in [5.41, 5.74) is 6.42. The third-order valence-electron chi connectivity index (χ3n) is 2.72. The van der Waals surface area contributed by atoms with Crippen molar-refractivity contribution >= 4 is 27.7 Å². The highest BCUT2D eigenvalue weighted by Crippen LogP contribution is 2.24. The van der Waals surface area contributed by atoms with E-state index in [1.807, 2.05) is 13.1 Å². The van der Waals surface area contributed by atoms with Crippen LogP contribution >= 0.6 is 27.7 Å². The number of hydrogen-bond acceptors (Lipinski definition) is 3. The first-order valence-corrected chi connectivity index (χ1v) is 7.63. The molecule has 96 valence electrons. The number of nitrogens with zero attached hydrogens (tertiary/aromatic N) is 1. The summed E-state index contributed by atoms with van der Waals surface area (Å²) in [6.45, 7) is 1.32. The van der Waals surface area contributed by atoms with Crippen LogP contribution in [-0.4, -0.2) is 37.0 Å². The molecule has 0 radical (unpaired) electrons. The summed E-state index contributed by atoms with van der Waals surface area (Å²) in [7, 11) is 1.98. The van der Waals surface area contributed by atoms with Crippen molar-refractivity contribution in [3.8, 4) is 0 Å². The van der Waals surface area contributed by atoms with Crippen molar-refractivity contribution in [2.24, 2.45) is 5.73 Å². The summed E-state index contributed by atoms with van der Waals surface area (Å²) >= 11 is 5.03. The molecule has 0 saturated heterocycles. The first-order valence-electron chi connectivity index (χ1n) is 5.44. The molecule has 1 aromatic rings. The quantitative estimate of drug-likeness (QED) is 0.874. The smallest absolute Gasteiger partial charge is 0.129 e. The maximum Gasteiger partial charge on any atom is 0.129 e. The molecule has 1 rings (SSSR count). The molecule has 1 atom stereocenters. The van der Waals surface area contributed by atoms with E-state index >= 15 is 0 Å². The average molecular weight is 321 g/mol. The number of halogens is 2. The SMILES string of the molecule is CSCCN(C)C(CN)c1ccc(Br)cc1F. The molecule has 0 spiro atoms. The fourth-order valence-electron chi connectivity index (χ4n) is 1.71. The van der Waals surface area contributed by atoms with Crippen LogP contribution in [0.25, 0.3) is 0 Å². The standard InChI is InChI=1S/C12H18BrFN2S/c1-16(5-6-17-2)12(8-15)10-4-3-9(13)7-11(10)14/h3-4,7,12H,5-6,8,15H2,1-2H3. The van der Waals surface area contributed by atoms with Gasteiger partial charge >= 0.3 is 0 Å². The number of thioether (sulfide) groups is 1. The zero-order chi connectivity index (χ0) is 12.8. The second-order valence-electron chi connectivity index (χ2n) is 3.89. The zero-order valence-electron chi connectivity index (χ0n) is 10.1. The fourth-order valence-corrected chi connectivity index (χ4v) is 2.51. The maximum absolute atomic E-state index is 13.9. The molecule has 2 N–H and O–H groups in total. The number of benzene rings is 1. The lowest BCUT2D eigenvalue weighted by atomic mass is 10.1. The van der Waals surface area contributed by atoms with E-state index in [1.165, 1.54) is 6.07 Å². The van der Waals surface area contributed by atoms with Crippen LogP contribution in [0, 0.1) is 5.82 Å². The van der Waals surface area contributed by atoms with Crippen LogP contribution in [0.5, 0.6) is 0 Å². The Labute approximate surface area is 115 Å². The summed E-state index contributed by atoms with van der Waals surface area (Å²) in [6.07, 6.45) is 2.06.